The molecule has 1 aromatic rings. The number of likely N-dealkylation sites (N-methyl/N-ethyl adjacent to an activating group) is 1. The van der Waals surface area contributed by atoms with Gasteiger partial charge in [0.05, 0.1) is 19.9 Å². The summed E-state index contributed by atoms with van der Waals surface area (Å²) in [6.45, 7) is 4.30. The Labute approximate surface area is 123 Å². The van der Waals surface area contributed by atoms with Gasteiger partial charge in [0.2, 0.25) is 0 Å². The normalized spacial score (nSPS) is 18.5. The van der Waals surface area contributed by atoms with Crippen molar-refractivity contribution < 1.29 is 4.74 Å². The van der Waals surface area contributed by atoms with E-state index in [-0.39, 0.29) is 6.04 Å². The molecule has 5 nitrogen and oxygen atoms in total. The molecular weight excluding hydrogens is 280 g/mol. The predicted octanol–water partition coefficient (Wildman–Crippen LogP) is 0.953. The Bertz CT molecular complexity index is 390. The zero-order valence-electron chi connectivity index (χ0n) is 11.3. The van der Waals surface area contributed by atoms with Crippen molar-refractivity contribution in [1.29, 1.82) is 0 Å². The number of thiocarbonyl (C=S) groups is 1. The van der Waals surface area contributed by atoms with E-state index >= 15 is 0 Å². The van der Waals surface area contributed by atoms with Crippen molar-refractivity contribution >= 4 is 28.5 Å². The van der Waals surface area contributed by atoms with Crippen LogP contribution in [0.5, 0.6) is 0 Å². The summed E-state index contributed by atoms with van der Waals surface area (Å²) < 4.78 is 5.33. The van der Waals surface area contributed by atoms with Gasteiger partial charge in [-0.2, -0.15) is 0 Å². The number of rotatable bonds is 5. The lowest BCUT2D eigenvalue weighted by atomic mass is 10.3. The first-order chi connectivity index (χ1) is 9.18. The zero-order chi connectivity index (χ0) is 13.7. The summed E-state index contributed by atoms with van der Waals surface area (Å²) in [4.78, 5) is 9.60. The number of thiazole rings is 1. The van der Waals surface area contributed by atoms with Gasteiger partial charge in [-0.15, -0.1) is 11.3 Å². The molecule has 0 aliphatic carbocycles. The molecule has 1 fully saturated rings. The van der Waals surface area contributed by atoms with E-state index in [4.69, 9.17) is 17.0 Å². The summed E-state index contributed by atoms with van der Waals surface area (Å²) in [6, 6.07) is 0.0519. The fraction of sp³-hybridized carbons (Fsp3) is 0.667. The van der Waals surface area contributed by atoms with E-state index in [0.717, 1.165) is 43.0 Å². The van der Waals surface area contributed by atoms with Gasteiger partial charge in [-0.1, -0.05) is 12.2 Å². The lowest BCUT2D eigenvalue weighted by Gasteiger charge is -2.29. The smallest absolute Gasteiger partial charge is 0.117 e. The molecular formula is C12H20N4OS2. The molecule has 1 saturated heterocycles. The van der Waals surface area contributed by atoms with Crippen LogP contribution in [0, 0.1) is 0 Å². The fourth-order valence-electron chi connectivity index (χ4n) is 1.98. The third kappa shape index (κ3) is 4.19. The van der Waals surface area contributed by atoms with Crippen LogP contribution in [-0.4, -0.2) is 66.8 Å². The number of aromatic nitrogens is 1. The van der Waals surface area contributed by atoms with Crippen LogP contribution in [0.4, 0.5) is 0 Å². The number of nitrogens with one attached hydrogen (secondary N) is 1. The van der Waals surface area contributed by atoms with Crippen molar-refractivity contribution in [2.24, 2.45) is 0 Å². The Kier molecular flexibility index (Phi) is 5.65. The molecule has 1 aliphatic heterocycles. The minimum Gasteiger partial charge on any atom is -0.379 e. The highest BCUT2D eigenvalue weighted by Gasteiger charge is 2.22. The average Bonchev–Trinajstić information content (AvgIpc) is 2.91. The van der Waals surface area contributed by atoms with Gasteiger partial charge < -0.3 is 10.1 Å². The fourth-order valence-corrected chi connectivity index (χ4v) is 3.28. The molecule has 1 aromatic heterocycles. The van der Waals surface area contributed by atoms with Crippen LogP contribution in [0.2, 0.25) is 0 Å². The standard InChI is InChI=1S/C12H20N4OS2/c1-15(2)10(12-13-3-8-19-12)11(18)14-9-16-4-6-17-7-5-16/h3,8,10H,4-7,9H2,1-2H3,(H,14,18). The van der Waals surface area contributed by atoms with E-state index in [1.807, 2.05) is 25.7 Å². The largest absolute Gasteiger partial charge is 0.379 e. The minimum atomic E-state index is 0.0519. The first-order valence-corrected chi connectivity index (χ1v) is 7.61. The van der Waals surface area contributed by atoms with Gasteiger partial charge in [0.1, 0.15) is 16.0 Å². The first kappa shape index (κ1) is 14.8. The van der Waals surface area contributed by atoms with Crippen LogP contribution in [0.15, 0.2) is 11.6 Å². The third-order valence-corrected chi connectivity index (χ3v) is 4.23. The zero-order valence-corrected chi connectivity index (χ0v) is 13.0. The van der Waals surface area contributed by atoms with Gasteiger partial charge >= 0.3 is 0 Å². The maximum atomic E-state index is 5.52. The number of ether oxygens (including phenoxy) is 1. The molecule has 0 aromatic carbocycles. The van der Waals surface area contributed by atoms with Crippen molar-refractivity contribution in [2.75, 3.05) is 47.1 Å². The molecule has 1 unspecified atom stereocenters. The molecule has 1 N–H and O–H groups in total. The van der Waals surface area contributed by atoms with Crippen molar-refractivity contribution in [2.45, 2.75) is 6.04 Å². The summed E-state index contributed by atoms with van der Waals surface area (Å²) in [6.07, 6.45) is 1.82. The molecule has 19 heavy (non-hydrogen) atoms. The highest BCUT2D eigenvalue weighted by Crippen LogP contribution is 2.21. The molecule has 0 radical (unpaired) electrons. The van der Waals surface area contributed by atoms with E-state index in [1.165, 1.54) is 0 Å². The van der Waals surface area contributed by atoms with Crippen LogP contribution in [0.1, 0.15) is 11.0 Å². The van der Waals surface area contributed by atoms with Gasteiger partial charge in [0.15, 0.2) is 0 Å². The number of hydrogen-bond donors (Lipinski definition) is 1. The Morgan fingerprint density at radius 1 is 1.58 bits per heavy atom. The summed E-state index contributed by atoms with van der Waals surface area (Å²) in [5, 5.41) is 6.36. The number of morpholine rings is 1. The summed E-state index contributed by atoms with van der Waals surface area (Å²) >= 11 is 7.16. The summed E-state index contributed by atoms with van der Waals surface area (Å²) in [5.74, 6) is 0. The summed E-state index contributed by atoms with van der Waals surface area (Å²) in [7, 11) is 4.05. The van der Waals surface area contributed by atoms with Crippen molar-refractivity contribution in [3.05, 3.63) is 16.6 Å². The van der Waals surface area contributed by atoms with Crippen molar-refractivity contribution in [1.82, 2.24) is 20.1 Å². The molecule has 1 atom stereocenters. The Hall–Kier alpha value is -0.600. The maximum absolute atomic E-state index is 5.52. The second kappa shape index (κ2) is 7.25. The summed E-state index contributed by atoms with van der Waals surface area (Å²) in [5.41, 5.74) is 0. The molecule has 0 spiro atoms. The predicted molar refractivity (Wildman–Crippen MR) is 81.5 cm³/mol. The van der Waals surface area contributed by atoms with Crippen LogP contribution in [0.3, 0.4) is 0 Å². The molecule has 2 rings (SSSR count). The number of nitrogens with zero attached hydrogens (tertiary/aromatic N) is 3. The highest BCUT2D eigenvalue weighted by atomic mass is 32.1. The van der Waals surface area contributed by atoms with Gasteiger partial charge in [0, 0.05) is 24.7 Å². The Morgan fingerprint density at radius 3 is 2.89 bits per heavy atom. The Morgan fingerprint density at radius 2 is 2.32 bits per heavy atom. The second-order valence-corrected chi connectivity index (χ2v) is 6.03. The van der Waals surface area contributed by atoms with Crippen molar-refractivity contribution in [3.63, 3.8) is 0 Å². The molecule has 1 aliphatic rings. The van der Waals surface area contributed by atoms with Gasteiger partial charge in [-0.05, 0) is 14.1 Å². The van der Waals surface area contributed by atoms with Crippen LogP contribution >= 0.6 is 23.6 Å². The number of hydrogen-bond acceptors (Lipinski definition) is 6. The molecule has 7 heteroatoms. The van der Waals surface area contributed by atoms with Crippen LogP contribution in [0.25, 0.3) is 0 Å². The average molecular weight is 300 g/mol. The third-order valence-electron chi connectivity index (χ3n) is 3.03. The topological polar surface area (TPSA) is 40.6 Å². The second-order valence-electron chi connectivity index (χ2n) is 4.67. The Balaban J connectivity index is 1.89. The van der Waals surface area contributed by atoms with Gasteiger partial charge in [-0.25, -0.2) is 4.98 Å². The molecule has 106 valence electrons. The van der Waals surface area contributed by atoms with E-state index < -0.39 is 0 Å². The molecule has 0 saturated carbocycles. The molecule has 2 heterocycles. The lowest BCUT2D eigenvalue weighted by Crippen LogP contribution is -2.45. The maximum Gasteiger partial charge on any atom is 0.117 e. The van der Waals surface area contributed by atoms with E-state index in [9.17, 15) is 0 Å². The highest BCUT2D eigenvalue weighted by molar-refractivity contribution is 7.80. The van der Waals surface area contributed by atoms with E-state index in [2.05, 4.69) is 20.1 Å². The van der Waals surface area contributed by atoms with Gasteiger partial charge in [0.25, 0.3) is 0 Å². The lowest BCUT2D eigenvalue weighted by molar-refractivity contribution is 0.0365. The molecule has 0 bridgehead atoms. The minimum absolute atomic E-state index is 0.0519. The first-order valence-electron chi connectivity index (χ1n) is 6.32. The quantitative estimate of drug-likeness (QED) is 0.817. The van der Waals surface area contributed by atoms with E-state index in [1.54, 1.807) is 11.3 Å². The SMILES string of the molecule is CN(C)C(C(=S)NCN1CCOCC1)c1nccs1. The van der Waals surface area contributed by atoms with Crippen molar-refractivity contribution in [3.8, 4) is 0 Å². The van der Waals surface area contributed by atoms with Crippen LogP contribution in [-0.2, 0) is 4.74 Å². The monoisotopic (exact) mass is 300 g/mol. The van der Waals surface area contributed by atoms with Crippen LogP contribution < -0.4 is 5.32 Å². The van der Waals surface area contributed by atoms with E-state index in [0.29, 0.717) is 0 Å². The molecule has 0 amide bonds. The van der Waals surface area contributed by atoms with Gasteiger partial charge in [-0.3, -0.25) is 9.80 Å².